The quantitative estimate of drug-likeness (QED) is 0.600. The summed E-state index contributed by atoms with van der Waals surface area (Å²) in [4.78, 5) is 39.6. The molecule has 0 bridgehead atoms. The standard InChI is InChI=1S/C25H23FN4O4/c1-15(24(32)29-14-22(31)27-19-7-3-5-9-21(19)29)34-25(33)23-18-6-2-4-8-20(18)30(28-23)17-12-10-16(26)11-13-17/h3,5,7,9-13,15H,2,4,6,8,14H2,1H3,(H,27,31)/t15-/m1/s1. The van der Waals surface area contributed by atoms with Crippen LogP contribution in [0.1, 0.15) is 41.5 Å². The van der Waals surface area contributed by atoms with Crippen molar-refractivity contribution in [1.82, 2.24) is 9.78 Å². The van der Waals surface area contributed by atoms with E-state index in [2.05, 4.69) is 10.4 Å². The smallest absolute Gasteiger partial charge is 0.359 e. The Bertz CT molecular complexity index is 1280. The van der Waals surface area contributed by atoms with Gasteiger partial charge in [-0.15, -0.1) is 0 Å². The highest BCUT2D eigenvalue weighted by Crippen LogP contribution is 2.30. The number of esters is 1. The fourth-order valence-electron chi connectivity index (χ4n) is 4.47. The molecule has 2 aliphatic rings. The molecule has 2 aromatic carbocycles. The lowest BCUT2D eigenvalue weighted by molar-refractivity contribution is -0.128. The molecule has 1 N–H and O–H groups in total. The maximum atomic E-state index is 13.4. The molecule has 0 unspecified atom stereocenters. The van der Waals surface area contributed by atoms with E-state index in [0.29, 0.717) is 23.5 Å². The van der Waals surface area contributed by atoms with E-state index in [9.17, 15) is 18.8 Å². The molecule has 1 aliphatic carbocycles. The van der Waals surface area contributed by atoms with Crippen molar-refractivity contribution in [1.29, 1.82) is 0 Å². The highest BCUT2D eigenvalue weighted by atomic mass is 19.1. The van der Waals surface area contributed by atoms with E-state index in [4.69, 9.17) is 4.74 Å². The molecular formula is C25H23FN4O4. The number of halogens is 1. The van der Waals surface area contributed by atoms with E-state index >= 15 is 0 Å². The van der Waals surface area contributed by atoms with E-state index in [1.165, 1.54) is 24.0 Å². The summed E-state index contributed by atoms with van der Waals surface area (Å²) in [6, 6.07) is 12.9. The molecule has 8 nitrogen and oxygen atoms in total. The molecule has 3 aromatic rings. The van der Waals surface area contributed by atoms with Gasteiger partial charge in [-0.2, -0.15) is 5.10 Å². The minimum Gasteiger partial charge on any atom is -0.448 e. The van der Waals surface area contributed by atoms with E-state index in [1.807, 2.05) is 0 Å². The zero-order valence-corrected chi connectivity index (χ0v) is 18.6. The average Bonchev–Trinajstić information content (AvgIpc) is 3.23. The first-order valence-corrected chi connectivity index (χ1v) is 11.2. The number of benzene rings is 2. The minimum atomic E-state index is -1.12. The molecule has 1 aromatic heterocycles. The van der Waals surface area contributed by atoms with Gasteiger partial charge in [-0.3, -0.25) is 14.5 Å². The number of amides is 2. The molecule has 0 saturated heterocycles. The number of nitrogens with zero attached hydrogens (tertiary/aromatic N) is 3. The molecule has 0 fully saturated rings. The van der Waals surface area contributed by atoms with Gasteiger partial charge >= 0.3 is 5.97 Å². The zero-order valence-electron chi connectivity index (χ0n) is 18.6. The number of carbonyl (C=O) groups excluding carboxylic acids is 3. The second-order valence-electron chi connectivity index (χ2n) is 8.41. The van der Waals surface area contributed by atoms with Crippen LogP contribution < -0.4 is 10.2 Å². The number of carbonyl (C=O) groups is 3. The molecular weight excluding hydrogens is 439 g/mol. The van der Waals surface area contributed by atoms with Gasteiger partial charge in [0, 0.05) is 11.3 Å². The number of hydrogen-bond donors (Lipinski definition) is 1. The van der Waals surface area contributed by atoms with Crippen molar-refractivity contribution in [3.63, 3.8) is 0 Å². The third-order valence-electron chi connectivity index (χ3n) is 6.11. The monoisotopic (exact) mass is 462 g/mol. The summed E-state index contributed by atoms with van der Waals surface area (Å²) in [5.74, 6) is -1.88. The molecule has 34 heavy (non-hydrogen) atoms. The second-order valence-corrected chi connectivity index (χ2v) is 8.41. The van der Waals surface area contributed by atoms with Crippen molar-refractivity contribution in [2.75, 3.05) is 16.8 Å². The van der Waals surface area contributed by atoms with Crippen molar-refractivity contribution in [2.45, 2.75) is 38.7 Å². The predicted octanol–water partition coefficient (Wildman–Crippen LogP) is 3.42. The Hall–Kier alpha value is -4.01. The number of fused-ring (bicyclic) bond motifs is 2. The number of rotatable bonds is 4. The number of para-hydroxylation sites is 2. The SMILES string of the molecule is C[C@@H](OC(=O)c1nn(-c2ccc(F)cc2)c2c1CCCC2)C(=O)N1CC(=O)Nc2ccccc21. The molecule has 0 spiro atoms. The van der Waals surface area contributed by atoms with Crippen LogP contribution in [0.4, 0.5) is 15.8 Å². The Balaban J connectivity index is 1.40. The zero-order chi connectivity index (χ0) is 23.8. The van der Waals surface area contributed by atoms with E-state index < -0.39 is 18.0 Å². The van der Waals surface area contributed by atoms with E-state index in [0.717, 1.165) is 30.5 Å². The number of hydrogen-bond acceptors (Lipinski definition) is 5. The van der Waals surface area contributed by atoms with E-state index in [1.54, 1.807) is 41.1 Å². The Kier molecular flexibility index (Phi) is 5.61. The first-order chi connectivity index (χ1) is 16.4. The molecule has 1 aliphatic heterocycles. The van der Waals surface area contributed by atoms with Gasteiger partial charge < -0.3 is 10.1 Å². The van der Waals surface area contributed by atoms with Gasteiger partial charge in [-0.1, -0.05) is 12.1 Å². The Morgan fingerprint density at radius 1 is 1.09 bits per heavy atom. The maximum absolute atomic E-state index is 13.4. The maximum Gasteiger partial charge on any atom is 0.359 e. The van der Waals surface area contributed by atoms with Crippen LogP contribution in [0.5, 0.6) is 0 Å². The largest absolute Gasteiger partial charge is 0.448 e. The molecule has 1 atom stereocenters. The van der Waals surface area contributed by atoms with Crippen LogP contribution in [0.3, 0.4) is 0 Å². The summed E-state index contributed by atoms with van der Waals surface area (Å²) >= 11 is 0. The van der Waals surface area contributed by atoms with Gasteiger partial charge in [0.05, 0.1) is 17.1 Å². The first kappa shape index (κ1) is 21.8. The third-order valence-corrected chi connectivity index (χ3v) is 6.11. The molecule has 2 amide bonds. The molecule has 9 heteroatoms. The minimum absolute atomic E-state index is 0.160. The highest BCUT2D eigenvalue weighted by molar-refractivity contribution is 6.11. The van der Waals surface area contributed by atoms with Crippen LogP contribution in [0, 0.1) is 5.82 Å². The van der Waals surface area contributed by atoms with Crippen LogP contribution in [0.25, 0.3) is 5.69 Å². The Morgan fingerprint density at radius 2 is 1.82 bits per heavy atom. The van der Waals surface area contributed by atoms with Crippen LogP contribution >= 0.6 is 0 Å². The predicted molar refractivity (Wildman–Crippen MR) is 122 cm³/mol. The van der Waals surface area contributed by atoms with Crippen molar-refractivity contribution >= 4 is 29.2 Å². The van der Waals surface area contributed by atoms with Gasteiger partial charge in [0.1, 0.15) is 12.4 Å². The van der Waals surface area contributed by atoms with Crippen molar-refractivity contribution < 1.29 is 23.5 Å². The summed E-state index contributed by atoms with van der Waals surface area (Å²) in [6.45, 7) is 1.32. The summed E-state index contributed by atoms with van der Waals surface area (Å²) in [6.07, 6.45) is 2.15. The number of ether oxygens (including phenoxy) is 1. The molecule has 0 saturated carbocycles. The molecule has 0 radical (unpaired) electrons. The van der Waals surface area contributed by atoms with Gasteiger partial charge in [0.2, 0.25) is 5.91 Å². The normalized spacial score (nSPS) is 15.7. The summed E-state index contributed by atoms with van der Waals surface area (Å²) in [5, 5.41) is 7.22. The van der Waals surface area contributed by atoms with Gasteiger partial charge in [-0.05, 0) is 69.0 Å². The van der Waals surface area contributed by atoms with Crippen LogP contribution in [-0.2, 0) is 27.2 Å². The fraction of sp³-hybridized carbons (Fsp3) is 0.280. The second kappa shape index (κ2) is 8.74. The Labute approximate surface area is 195 Å². The van der Waals surface area contributed by atoms with Crippen molar-refractivity contribution in [3.8, 4) is 5.69 Å². The lowest BCUT2D eigenvalue weighted by Crippen LogP contribution is -2.47. The summed E-state index contributed by atoms with van der Waals surface area (Å²) in [7, 11) is 0. The van der Waals surface area contributed by atoms with Crippen LogP contribution in [0.2, 0.25) is 0 Å². The average molecular weight is 462 g/mol. The van der Waals surface area contributed by atoms with Gasteiger partial charge in [0.25, 0.3) is 5.91 Å². The molecule has 174 valence electrons. The summed E-state index contributed by atoms with van der Waals surface area (Å²) < 4.78 is 20.6. The number of nitrogens with one attached hydrogen (secondary N) is 1. The van der Waals surface area contributed by atoms with Gasteiger partial charge in [-0.25, -0.2) is 13.9 Å². The number of anilines is 2. The van der Waals surface area contributed by atoms with E-state index in [-0.39, 0.29) is 24.0 Å². The molecule has 5 rings (SSSR count). The third kappa shape index (κ3) is 3.93. The first-order valence-electron chi connectivity index (χ1n) is 11.2. The van der Waals surface area contributed by atoms with Crippen LogP contribution in [-0.4, -0.2) is 40.2 Å². The lowest BCUT2D eigenvalue weighted by Gasteiger charge is -2.30. The fourth-order valence-corrected chi connectivity index (χ4v) is 4.47. The topological polar surface area (TPSA) is 93.5 Å². The Morgan fingerprint density at radius 3 is 2.62 bits per heavy atom. The lowest BCUT2D eigenvalue weighted by atomic mass is 9.95. The van der Waals surface area contributed by atoms with Crippen molar-refractivity contribution in [3.05, 3.63) is 71.3 Å². The molecule has 2 heterocycles. The van der Waals surface area contributed by atoms with Gasteiger partial charge in [0.15, 0.2) is 11.8 Å². The summed E-state index contributed by atoms with van der Waals surface area (Å²) in [5.41, 5.74) is 3.58. The van der Waals surface area contributed by atoms with Crippen molar-refractivity contribution in [2.24, 2.45) is 0 Å². The van der Waals surface area contributed by atoms with Crippen LogP contribution in [0.15, 0.2) is 48.5 Å². The highest BCUT2D eigenvalue weighted by Gasteiger charge is 2.33. The number of aromatic nitrogens is 2.